The van der Waals surface area contributed by atoms with Crippen LogP contribution in [0.3, 0.4) is 0 Å². The second kappa shape index (κ2) is 13.7. The minimum atomic E-state index is -0.182. The third-order valence-electron chi connectivity index (χ3n) is 4.67. The predicted octanol–water partition coefficient (Wildman–Crippen LogP) is 3.80. The van der Waals surface area contributed by atoms with Gasteiger partial charge in [0.15, 0.2) is 0 Å². The van der Waals surface area contributed by atoms with Gasteiger partial charge >= 0.3 is 17.9 Å². The van der Waals surface area contributed by atoms with Crippen molar-refractivity contribution in [2.24, 2.45) is 5.41 Å². The molecule has 0 atom stereocenters. The molecule has 146 valence electrons. The van der Waals surface area contributed by atoms with Gasteiger partial charge in [-0.1, -0.05) is 19.8 Å². The monoisotopic (exact) mass is 358 g/mol. The van der Waals surface area contributed by atoms with E-state index < -0.39 is 0 Å². The van der Waals surface area contributed by atoms with Crippen molar-refractivity contribution >= 4 is 17.9 Å². The predicted molar refractivity (Wildman–Crippen MR) is 94.9 cm³/mol. The Morgan fingerprint density at radius 3 is 1.28 bits per heavy atom. The van der Waals surface area contributed by atoms with E-state index in [1.807, 2.05) is 0 Å². The van der Waals surface area contributed by atoms with Crippen molar-refractivity contribution in [1.82, 2.24) is 0 Å². The number of esters is 3. The van der Waals surface area contributed by atoms with Gasteiger partial charge in [-0.3, -0.25) is 14.4 Å². The molecular weight excluding hydrogens is 324 g/mol. The van der Waals surface area contributed by atoms with Crippen molar-refractivity contribution in [2.45, 2.75) is 77.6 Å². The van der Waals surface area contributed by atoms with Gasteiger partial charge in [-0.2, -0.15) is 0 Å². The zero-order valence-electron chi connectivity index (χ0n) is 16.2. The second-order valence-corrected chi connectivity index (χ2v) is 6.81. The summed E-state index contributed by atoms with van der Waals surface area (Å²) < 4.78 is 14.0. The molecule has 0 aromatic heterocycles. The Bertz CT molecular complexity index is 381. The van der Waals surface area contributed by atoms with E-state index in [4.69, 9.17) is 4.74 Å². The van der Waals surface area contributed by atoms with Crippen molar-refractivity contribution in [2.75, 3.05) is 21.3 Å². The van der Waals surface area contributed by atoms with E-state index in [9.17, 15) is 14.4 Å². The molecule has 0 saturated carbocycles. The third kappa shape index (κ3) is 12.4. The molecule has 6 nitrogen and oxygen atoms in total. The van der Waals surface area contributed by atoms with Gasteiger partial charge in [0.05, 0.1) is 21.3 Å². The van der Waals surface area contributed by atoms with Gasteiger partial charge in [-0.15, -0.1) is 0 Å². The highest BCUT2D eigenvalue weighted by Crippen LogP contribution is 2.36. The first kappa shape index (κ1) is 23.4. The van der Waals surface area contributed by atoms with E-state index in [2.05, 4.69) is 16.4 Å². The SMILES string of the molecule is COC(=O)CCCCC(C)(CCCCC(=O)OC)CCCC(=O)OC. The molecule has 0 amide bonds. The van der Waals surface area contributed by atoms with Crippen LogP contribution in [0.15, 0.2) is 0 Å². The van der Waals surface area contributed by atoms with Crippen LogP contribution in [0.2, 0.25) is 0 Å². The molecule has 6 heteroatoms. The van der Waals surface area contributed by atoms with E-state index in [-0.39, 0.29) is 23.3 Å². The van der Waals surface area contributed by atoms with Gasteiger partial charge in [-0.25, -0.2) is 0 Å². The average molecular weight is 358 g/mol. The number of rotatable bonds is 14. The molecule has 0 fully saturated rings. The maximum Gasteiger partial charge on any atom is 0.305 e. The Hall–Kier alpha value is -1.59. The Balaban J connectivity index is 4.33. The lowest BCUT2D eigenvalue weighted by molar-refractivity contribution is -0.141. The Kier molecular flexibility index (Phi) is 12.8. The highest BCUT2D eigenvalue weighted by molar-refractivity contribution is 5.69. The van der Waals surface area contributed by atoms with Gasteiger partial charge in [0.25, 0.3) is 0 Å². The summed E-state index contributed by atoms with van der Waals surface area (Å²) in [4.78, 5) is 33.7. The molecule has 0 radical (unpaired) electrons. The number of carbonyl (C=O) groups excluding carboxylic acids is 3. The zero-order valence-corrected chi connectivity index (χ0v) is 16.2. The largest absolute Gasteiger partial charge is 0.469 e. The fraction of sp³-hybridized carbons (Fsp3) is 0.842. The summed E-state index contributed by atoms with van der Waals surface area (Å²) in [6.07, 6.45) is 8.51. The number of ether oxygens (including phenoxy) is 3. The van der Waals surface area contributed by atoms with Gasteiger partial charge in [0.2, 0.25) is 0 Å². The van der Waals surface area contributed by atoms with Gasteiger partial charge in [0, 0.05) is 19.3 Å². The second-order valence-electron chi connectivity index (χ2n) is 6.81. The lowest BCUT2D eigenvalue weighted by Gasteiger charge is -2.30. The van der Waals surface area contributed by atoms with E-state index in [1.165, 1.54) is 21.3 Å². The number of hydrogen-bond acceptors (Lipinski definition) is 6. The van der Waals surface area contributed by atoms with Crippen LogP contribution in [0.5, 0.6) is 0 Å². The number of methoxy groups -OCH3 is 3. The molecule has 0 rings (SSSR count). The molecular formula is C19H34O6. The highest BCUT2D eigenvalue weighted by Gasteiger charge is 2.24. The van der Waals surface area contributed by atoms with Crippen LogP contribution in [0, 0.1) is 5.41 Å². The zero-order chi connectivity index (χ0) is 19.1. The normalized spacial score (nSPS) is 11.0. The fourth-order valence-electron chi connectivity index (χ4n) is 2.98. The van der Waals surface area contributed by atoms with E-state index in [0.29, 0.717) is 19.3 Å². The topological polar surface area (TPSA) is 78.9 Å². The number of hydrogen-bond donors (Lipinski definition) is 0. The fourth-order valence-corrected chi connectivity index (χ4v) is 2.98. The van der Waals surface area contributed by atoms with Gasteiger partial charge in [0.1, 0.15) is 0 Å². The quantitative estimate of drug-likeness (QED) is 0.267. The lowest BCUT2D eigenvalue weighted by Crippen LogP contribution is -2.18. The van der Waals surface area contributed by atoms with Crippen LogP contribution < -0.4 is 0 Å². The Morgan fingerprint density at radius 1 is 0.600 bits per heavy atom. The molecule has 25 heavy (non-hydrogen) atoms. The molecule has 0 unspecified atom stereocenters. The van der Waals surface area contributed by atoms with Crippen molar-refractivity contribution in [3.05, 3.63) is 0 Å². The molecule has 0 aliphatic carbocycles. The maximum absolute atomic E-state index is 11.3. The van der Waals surface area contributed by atoms with Crippen LogP contribution in [0.25, 0.3) is 0 Å². The summed E-state index contributed by atoms with van der Waals surface area (Å²) in [6.45, 7) is 2.22. The molecule has 0 aromatic rings. The number of unbranched alkanes of at least 4 members (excludes halogenated alkanes) is 2. The van der Waals surface area contributed by atoms with Crippen LogP contribution in [-0.4, -0.2) is 39.2 Å². The van der Waals surface area contributed by atoms with Crippen LogP contribution in [-0.2, 0) is 28.6 Å². The molecule has 0 aliphatic heterocycles. The first-order valence-corrected chi connectivity index (χ1v) is 9.07. The first-order valence-electron chi connectivity index (χ1n) is 9.07. The molecule has 0 heterocycles. The summed E-state index contributed by atoms with van der Waals surface area (Å²) in [5.41, 5.74) is 0.0975. The van der Waals surface area contributed by atoms with Crippen LogP contribution >= 0.6 is 0 Å². The van der Waals surface area contributed by atoms with Crippen LogP contribution in [0.1, 0.15) is 77.6 Å². The lowest BCUT2D eigenvalue weighted by atomic mass is 9.76. The van der Waals surface area contributed by atoms with Crippen molar-refractivity contribution in [3.8, 4) is 0 Å². The van der Waals surface area contributed by atoms with Crippen LogP contribution in [0.4, 0.5) is 0 Å². The summed E-state index contributed by atoms with van der Waals surface area (Å²) >= 11 is 0. The smallest absolute Gasteiger partial charge is 0.305 e. The minimum absolute atomic E-state index is 0.0975. The third-order valence-corrected chi connectivity index (χ3v) is 4.67. The molecule has 0 aliphatic rings. The van der Waals surface area contributed by atoms with E-state index in [0.717, 1.165) is 51.4 Å². The molecule has 0 spiro atoms. The number of carbonyl (C=O) groups is 3. The Morgan fingerprint density at radius 2 is 0.920 bits per heavy atom. The summed E-state index contributed by atoms with van der Waals surface area (Å²) in [6, 6.07) is 0. The maximum atomic E-state index is 11.3. The van der Waals surface area contributed by atoms with E-state index in [1.54, 1.807) is 0 Å². The van der Waals surface area contributed by atoms with Gasteiger partial charge < -0.3 is 14.2 Å². The average Bonchev–Trinajstić information content (AvgIpc) is 2.61. The summed E-state index contributed by atoms with van der Waals surface area (Å²) in [7, 11) is 4.21. The van der Waals surface area contributed by atoms with E-state index >= 15 is 0 Å². The summed E-state index contributed by atoms with van der Waals surface area (Å²) in [5.74, 6) is -0.533. The summed E-state index contributed by atoms with van der Waals surface area (Å²) in [5, 5.41) is 0. The van der Waals surface area contributed by atoms with Crippen molar-refractivity contribution < 1.29 is 28.6 Å². The molecule has 0 saturated heterocycles. The minimum Gasteiger partial charge on any atom is -0.469 e. The highest BCUT2D eigenvalue weighted by atomic mass is 16.5. The van der Waals surface area contributed by atoms with Gasteiger partial charge in [-0.05, 0) is 43.9 Å². The molecule has 0 bridgehead atoms. The van der Waals surface area contributed by atoms with Crippen molar-refractivity contribution in [3.63, 3.8) is 0 Å². The first-order chi connectivity index (χ1) is 11.9. The molecule has 0 aromatic carbocycles. The standard InChI is InChI=1S/C19H34O6/c1-19(15-9-12-18(22)25-4,13-7-5-10-16(20)23-2)14-8-6-11-17(21)24-3/h5-15H2,1-4H3. The van der Waals surface area contributed by atoms with Crippen molar-refractivity contribution in [1.29, 1.82) is 0 Å². The molecule has 0 N–H and O–H groups in total. The Labute approximate surface area is 151 Å².